The van der Waals surface area contributed by atoms with Crippen molar-refractivity contribution in [3.63, 3.8) is 0 Å². The number of fused-ring (bicyclic) bond motifs is 2. The standard InChI is InChI=1S/C22H23F3N6O2/c1-30-6-7-33-15(10-30)9-29-19(32)20-11-21(20,22(23,24)25)13-31(12-20)16-3-2-14(8-26)17-18(16)28-5-4-27-17/h2-5,15H,6-7,9-13H2,1H3,(H,29,32). The van der Waals surface area contributed by atoms with Gasteiger partial charge < -0.3 is 19.9 Å². The lowest BCUT2D eigenvalue weighted by Gasteiger charge is -2.30. The summed E-state index contributed by atoms with van der Waals surface area (Å²) in [7, 11) is 1.94. The minimum atomic E-state index is -4.53. The number of likely N-dealkylation sites (N-methyl/N-ethyl adjacent to an activating group) is 1. The molecule has 0 bridgehead atoms. The predicted octanol–water partition coefficient (Wildman–Crippen LogP) is 1.71. The number of nitrogens with zero attached hydrogens (tertiary/aromatic N) is 5. The molecule has 1 aromatic heterocycles. The molecular formula is C22H23F3N6O2. The van der Waals surface area contributed by atoms with Gasteiger partial charge in [-0.1, -0.05) is 0 Å². The van der Waals surface area contributed by atoms with Crippen LogP contribution in [-0.4, -0.2) is 79.4 Å². The summed E-state index contributed by atoms with van der Waals surface area (Å²) < 4.78 is 48.4. The van der Waals surface area contributed by atoms with Crippen molar-refractivity contribution in [3.05, 3.63) is 30.1 Å². The van der Waals surface area contributed by atoms with E-state index in [1.807, 2.05) is 13.1 Å². The number of hydrogen-bond acceptors (Lipinski definition) is 7. The van der Waals surface area contributed by atoms with Crippen LogP contribution in [0.5, 0.6) is 0 Å². The normalized spacial score (nSPS) is 29.5. The van der Waals surface area contributed by atoms with Gasteiger partial charge in [-0.3, -0.25) is 14.8 Å². The highest BCUT2D eigenvalue weighted by Gasteiger charge is 2.86. The van der Waals surface area contributed by atoms with E-state index in [0.717, 1.165) is 6.54 Å². The maximum absolute atomic E-state index is 14.3. The Kier molecular flexibility index (Phi) is 4.99. The zero-order chi connectivity index (χ0) is 23.4. The summed E-state index contributed by atoms with van der Waals surface area (Å²) in [4.78, 5) is 25.2. The molecule has 3 heterocycles. The van der Waals surface area contributed by atoms with Crippen molar-refractivity contribution in [3.8, 4) is 6.07 Å². The van der Waals surface area contributed by atoms with Crippen LogP contribution < -0.4 is 10.2 Å². The topological polar surface area (TPSA) is 94.4 Å². The summed E-state index contributed by atoms with van der Waals surface area (Å²) in [5, 5.41) is 12.1. The average Bonchev–Trinajstić information content (AvgIpc) is 3.34. The molecule has 0 spiro atoms. The van der Waals surface area contributed by atoms with Gasteiger partial charge in [-0.25, -0.2) is 0 Å². The molecule has 2 aromatic rings. The van der Waals surface area contributed by atoms with E-state index in [2.05, 4.69) is 20.2 Å². The molecule has 1 amide bonds. The van der Waals surface area contributed by atoms with Crippen LogP contribution in [-0.2, 0) is 9.53 Å². The number of amides is 1. The number of piperidine rings is 1. The molecule has 3 atom stereocenters. The lowest BCUT2D eigenvalue weighted by Crippen LogP contribution is -2.48. The van der Waals surface area contributed by atoms with Crippen LogP contribution in [0.1, 0.15) is 12.0 Å². The van der Waals surface area contributed by atoms with E-state index in [0.29, 0.717) is 35.4 Å². The van der Waals surface area contributed by atoms with Gasteiger partial charge in [-0.05, 0) is 25.6 Å². The Morgan fingerprint density at radius 3 is 2.76 bits per heavy atom. The molecule has 11 heteroatoms. The molecule has 1 saturated carbocycles. The molecule has 1 aromatic carbocycles. The van der Waals surface area contributed by atoms with Gasteiger partial charge in [-0.2, -0.15) is 18.4 Å². The van der Waals surface area contributed by atoms with Gasteiger partial charge in [0.25, 0.3) is 0 Å². The summed E-state index contributed by atoms with van der Waals surface area (Å²) in [6, 6.07) is 5.15. The van der Waals surface area contributed by atoms with Crippen LogP contribution in [0.25, 0.3) is 11.0 Å². The number of nitriles is 1. The van der Waals surface area contributed by atoms with Crippen LogP contribution >= 0.6 is 0 Å². The van der Waals surface area contributed by atoms with Crippen molar-refractivity contribution < 1.29 is 22.7 Å². The zero-order valence-corrected chi connectivity index (χ0v) is 18.0. The SMILES string of the molecule is CN1CCOC(CNC(=O)C23CN(c4ccc(C#N)c5nccnc45)CC2(C(F)(F)F)C3)C1. The van der Waals surface area contributed by atoms with Gasteiger partial charge in [0.2, 0.25) is 5.91 Å². The third kappa shape index (κ3) is 3.31. The molecule has 1 N–H and O–H groups in total. The highest BCUT2D eigenvalue weighted by molar-refractivity contribution is 5.94. The van der Waals surface area contributed by atoms with Crippen LogP contribution in [0.3, 0.4) is 0 Å². The van der Waals surface area contributed by atoms with Crippen LogP contribution in [0.4, 0.5) is 18.9 Å². The molecule has 5 rings (SSSR count). The molecule has 3 unspecified atom stereocenters. The van der Waals surface area contributed by atoms with Gasteiger partial charge in [0.1, 0.15) is 22.5 Å². The fourth-order valence-corrected chi connectivity index (χ4v) is 5.35. The lowest BCUT2D eigenvalue weighted by atomic mass is 9.94. The number of carbonyl (C=O) groups excluding carboxylic acids is 1. The second-order valence-electron chi connectivity index (χ2n) is 9.16. The minimum Gasteiger partial charge on any atom is -0.374 e. The first-order chi connectivity index (χ1) is 15.7. The number of alkyl halides is 3. The maximum atomic E-state index is 14.3. The first-order valence-electron chi connectivity index (χ1n) is 10.7. The largest absolute Gasteiger partial charge is 0.397 e. The van der Waals surface area contributed by atoms with Crippen LogP contribution in [0.15, 0.2) is 24.5 Å². The van der Waals surface area contributed by atoms with Gasteiger partial charge >= 0.3 is 6.18 Å². The smallest absolute Gasteiger partial charge is 0.374 e. The molecule has 8 nitrogen and oxygen atoms in total. The highest BCUT2D eigenvalue weighted by atomic mass is 19.4. The van der Waals surface area contributed by atoms with Gasteiger partial charge in [-0.15, -0.1) is 0 Å². The van der Waals surface area contributed by atoms with E-state index in [4.69, 9.17) is 4.74 Å². The number of halogens is 3. The Labute approximate surface area is 188 Å². The van der Waals surface area contributed by atoms with E-state index in [1.54, 1.807) is 11.0 Å². The number of nitrogens with one attached hydrogen (secondary N) is 1. The van der Waals surface area contributed by atoms with Crippen molar-refractivity contribution in [1.82, 2.24) is 20.2 Å². The van der Waals surface area contributed by atoms with Crippen LogP contribution in [0.2, 0.25) is 0 Å². The van der Waals surface area contributed by atoms with Crippen molar-refractivity contribution >= 4 is 22.6 Å². The van der Waals surface area contributed by atoms with Crippen molar-refractivity contribution in [1.29, 1.82) is 5.26 Å². The molecule has 1 aliphatic carbocycles. The number of rotatable bonds is 4. The number of carbonyl (C=O) groups is 1. The third-order valence-corrected chi connectivity index (χ3v) is 7.19. The molecule has 3 aliphatic rings. The first-order valence-corrected chi connectivity index (χ1v) is 10.7. The van der Waals surface area contributed by atoms with Crippen molar-refractivity contribution in [2.75, 3.05) is 51.3 Å². The minimum absolute atomic E-state index is 0.0820. The number of benzene rings is 1. The molecule has 174 valence electrons. The predicted molar refractivity (Wildman–Crippen MR) is 112 cm³/mol. The first kappa shape index (κ1) is 21.9. The summed E-state index contributed by atoms with van der Waals surface area (Å²) in [6.07, 6.45) is -2.15. The summed E-state index contributed by atoms with van der Waals surface area (Å²) >= 11 is 0. The molecular weight excluding hydrogens is 437 g/mol. The Balaban J connectivity index is 1.42. The molecule has 2 saturated heterocycles. The lowest BCUT2D eigenvalue weighted by molar-refractivity contribution is -0.191. The van der Waals surface area contributed by atoms with Crippen LogP contribution in [0, 0.1) is 22.2 Å². The van der Waals surface area contributed by atoms with Gasteiger partial charge in [0, 0.05) is 45.1 Å². The second kappa shape index (κ2) is 7.53. The van der Waals surface area contributed by atoms with E-state index >= 15 is 0 Å². The van der Waals surface area contributed by atoms with Gasteiger partial charge in [0.15, 0.2) is 0 Å². The second-order valence-corrected chi connectivity index (χ2v) is 9.16. The Morgan fingerprint density at radius 2 is 2.06 bits per heavy atom. The number of aromatic nitrogens is 2. The molecule has 2 aliphatic heterocycles. The summed E-state index contributed by atoms with van der Waals surface area (Å²) in [6.45, 7) is 1.66. The fourth-order valence-electron chi connectivity index (χ4n) is 5.35. The summed E-state index contributed by atoms with van der Waals surface area (Å²) in [5.74, 6) is -0.594. The Hall–Kier alpha value is -2.97. The molecule has 3 fully saturated rings. The maximum Gasteiger partial charge on any atom is 0.397 e. The Morgan fingerprint density at radius 1 is 1.30 bits per heavy atom. The van der Waals surface area contributed by atoms with Crippen molar-refractivity contribution in [2.45, 2.75) is 18.7 Å². The van der Waals surface area contributed by atoms with E-state index in [-0.39, 0.29) is 32.2 Å². The number of ether oxygens (including phenoxy) is 1. The van der Waals surface area contributed by atoms with Crippen molar-refractivity contribution in [2.24, 2.45) is 10.8 Å². The molecule has 33 heavy (non-hydrogen) atoms. The highest BCUT2D eigenvalue weighted by Crippen LogP contribution is 2.75. The quantitative estimate of drug-likeness (QED) is 0.742. The average molecular weight is 460 g/mol. The Bertz CT molecular complexity index is 1150. The van der Waals surface area contributed by atoms with E-state index in [9.17, 15) is 23.2 Å². The third-order valence-electron chi connectivity index (χ3n) is 7.19. The zero-order valence-electron chi connectivity index (χ0n) is 18.0. The van der Waals surface area contributed by atoms with E-state index < -0.39 is 22.9 Å². The van der Waals surface area contributed by atoms with E-state index in [1.165, 1.54) is 18.5 Å². The molecule has 0 radical (unpaired) electrons. The fraction of sp³-hybridized carbons (Fsp3) is 0.545. The number of hydrogen-bond donors (Lipinski definition) is 1. The summed E-state index contributed by atoms with van der Waals surface area (Å²) in [5.41, 5.74) is -2.26. The number of morpholine rings is 1. The monoisotopic (exact) mass is 460 g/mol. The van der Waals surface area contributed by atoms with Gasteiger partial charge in [0.05, 0.1) is 29.4 Å². The number of anilines is 1.